The molecule has 3 N–H and O–H groups in total. The Balaban J connectivity index is 4.39. The Bertz CT molecular complexity index is 201. The van der Waals surface area contributed by atoms with Gasteiger partial charge in [0.15, 0.2) is 5.78 Å². The van der Waals surface area contributed by atoms with Crippen molar-refractivity contribution in [2.75, 3.05) is 6.61 Å². The molecule has 0 rings (SSSR count). The molecule has 0 saturated carbocycles. The Morgan fingerprint density at radius 1 is 1.38 bits per heavy atom. The average Bonchev–Trinajstić information content (AvgIpc) is 2.12. The zero-order valence-electron chi connectivity index (χ0n) is 7.49. The van der Waals surface area contributed by atoms with Crippen molar-refractivity contribution in [2.24, 2.45) is 0 Å². The molecule has 1 unspecified atom stereocenters. The summed E-state index contributed by atoms with van der Waals surface area (Å²) in [5.74, 6) is -2.28. The Kier molecular flexibility index (Phi) is 4.58. The summed E-state index contributed by atoms with van der Waals surface area (Å²) in [6.07, 6.45) is -0.103. The van der Waals surface area contributed by atoms with Gasteiger partial charge in [0, 0.05) is 13.0 Å². The molecule has 0 aliphatic carbocycles. The van der Waals surface area contributed by atoms with Crippen LogP contribution in [0.15, 0.2) is 0 Å². The molecule has 0 aliphatic rings. The average molecular weight is 190 g/mol. The maximum Gasteiger partial charge on any atom is 0.343 e. The lowest BCUT2D eigenvalue weighted by Gasteiger charge is -2.19. The van der Waals surface area contributed by atoms with E-state index in [-0.39, 0.29) is 25.9 Å². The van der Waals surface area contributed by atoms with Crippen LogP contribution in [0, 0.1) is 0 Å². The van der Waals surface area contributed by atoms with Crippen LogP contribution in [0.1, 0.15) is 26.2 Å². The molecule has 76 valence electrons. The van der Waals surface area contributed by atoms with E-state index in [1.54, 1.807) is 0 Å². The van der Waals surface area contributed by atoms with E-state index in [1.807, 2.05) is 0 Å². The first-order valence-electron chi connectivity index (χ1n) is 4.09. The molecule has 0 aromatic heterocycles. The van der Waals surface area contributed by atoms with Crippen molar-refractivity contribution >= 4 is 11.8 Å². The molecule has 5 nitrogen and oxygen atoms in total. The Morgan fingerprint density at radius 3 is 2.23 bits per heavy atom. The standard InChI is InChI=1S/C8H14O5/c1-2-8(13,7(11)12)6(10)4-3-5-9/h9,13H,2-5H2,1H3,(H,11,12). The van der Waals surface area contributed by atoms with Gasteiger partial charge in [-0.1, -0.05) is 6.92 Å². The lowest BCUT2D eigenvalue weighted by atomic mass is 9.92. The van der Waals surface area contributed by atoms with Gasteiger partial charge in [0.25, 0.3) is 0 Å². The quantitative estimate of drug-likeness (QED) is 0.493. The fourth-order valence-corrected chi connectivity index (χ4v) is 0.914. The molecule has 0 aliphatic heterocycles. The molecule has 5 heteroatoms. The zero-order chi connectivity index (χ0) is 10.5. The normalized spacial score (nSPS) is 15.0. The molecule has 0 aromatic carbocycles. The predicted molar refractivity (Wildman–Crippen MR) is 44.2 cm³/mol. The minimum atomic E-state index is -2.28. The van der Waals surface area contributed by atoms with Gasteiger partial charge in [-0.3, -0.25) is 4.79 Å². The SMILES string of the molecule is CCC(O)(C(=O)O)C(=O)CCCO. The van der Waals surface area contributed by atoms with Gasteiger partial charge in [0.1, 0.15) is 0 Å². The summed E-state index contributed by atoms with van der Waals surface area (Å²) in [5.41, 5.74) is -2.28. The Hall–Kier alpha value is -0.940. The maximum absolute atomic E-state index is 11.2. The highest BCUT2D eigenvalue weighted by atomic mass is 16.4. The van der Waals surface area contributed by atoms with Crippen LogP contribution in [0.3, 0.4) is 0 Å². The van der Waals surface area contributed by atoms with Crippen LogP contribution in [0.2, 0.25) is 0 Å². The Morgan fingerprint density at radius 2 is 1.92 bits per heavy atom. The number of rotatable bonds is 6. The third kappa shape index (κ3) is 2.78. The third-order valence-electron chi connectivity index (χ3n) is 1.89. The molecule has 0 saturated heterocycles. The van der Waals surface area contributed by atoms with Crippen molar-refractivity contribution in [1.29, 1.82) is 0 Å². The van der Waals surface area contributed by atoms with Crippen LogP contribution in [0.25, 0.3) is 0 Å². The van der Waals surface area contributed by atoms with Crippen LogP contribution in [0.5, 0.6) is 0 Å². The highest BCUT2D eigenvalue weighted by Crippen LogP contribution is 2.14. The zero-order valence-corrected chi connectivity index (χ0v) is 7.49. The van der Waals surface area contributed by atoms with Gasteiger partial charge in [-0.05, 0) is 12.8 Å². The summed E-state index contributed by atoms with van der Waals surface area (Å²) in [6, 6.07) is 0. The third-order valence-corrected chi connectivity index (χ3v) is 1.89. The van der Waals surface area contributed by atoms with Crippen LogP contribution < -0.4 is 0 Å². The highest BCUT2D eigenvalue weighted by molar-refractivity contribution is 6.06. The van der Waals surface area contributed by atoms with E-state index >= 15 is 0 Å². The number of carbonyl (C=O) groups excluding carboxylic acids is 1. The summed E-state index contributed by atoms with van der Waals surface area (Å²) in [5, 5.41) is 26.3. The molecule has 0 heterocycles. The van der Waals surface area contributed by atoms with Gasteiger partial charge in [-0.15, -0.1) is 0 Å². The molecule has 1 atom stereocenters. The number of ketones is 1. The minimum absolute atomic E-state index is 0.118. The van der Waals surface area contributed by atoms with Gasteiger partial charge >= 0.3 is 5.97 Å². The lowest BCUT2D eigenvalue weighted by molar-refractivity contribution is -0.165. The van der Waals surface area contributed by atoms with Crippen LogP contribution in [-0.4, -0.2) is 39.3 Å². The molecule has 0 fully saturated rings. The summed E-state index contributed by atoms with van der Waals surface area (Å²) in [6.45, 7) is 1.23. The van der Waals surface area contributed by atoms with Gasteiger partial charge in [0.05, 0.1) is 0 Å². The fraction of sp³-hybridized carbons (Fsp3) is 0.750. The number of carboxylic acid groups (broad SMARTS) is 1. The first kappa shape index (κ1) is 12.1. The summed E-state index contributed by atoms with van der Waals surface area (Å²) < 4.78 is 0. The Labute approximate surface area is 76.0 Å². The maximum atomic E-state index is 11.2. The van der Waals surface area contributed by atoms with E-state index in [4.69, 9.17) is 10.2 Å². The van der Waals surface area contributed by atoms with E-state index in [2.05, 4.69) is 0 Å². The number of Topliss-reactive ketones (excluding diaryl/α,β-unsaturated/α-hetero) is 1. The number of hydrogen-bond donors (Lipinski definition) is 3. The molecule has 0 bridgehead atoms. The predicted octanol–water partition coefficient (Wildman–Crippen LogP) is -0.446. The van der Waals surface area contributed by atoms with Gasteiger partial charge in [-0.25, -0.2) is 4.79 Å². The second-order valence-electron chi connectivity index (χ2n) is 2.77. The highest BCUT2D eigenvalue weighted by Gasteiger charge is 2.41. The van der Waals surface area contributed by atoms with Crippen LogP contribution in [-0.2, 0) is 9.59 Å². The largest absolute Gasteiger partial charge is 0.479 e. The van der Waals surface area contributed by atoms with Gasteiger partial charge < -0.3 is 15.3 Å². The van der Waals surface area contributed by atoms with Gasteiger partial charge in [-0.2, -0.15) is 0 Å². The number of carboxylic acids is 1. The molecule has 0 spiro atoms. The van der Waals surface area contributed by atoms with E-state index in [0.29, 0.717) is 0 Å². The van der Waals surface area contributed by atoms with Gasteiger partial charge in [0.2, 0.25) is 5.60 Å². The smallest absolute Gasteiger partial charge is 0.343 e. The molecule has 0 aromatic rings. The number of carbonyl (C=O) groups is 2. The number of aliphatic carboxylic acids is 1. The van der Waals surface area contributed by atoms with Crippen LogP contribution in [0.4, 0.5) is 0 Å². The van der Waals surface area contributed by atoms with Crippen molar-refractivity contribution < 1.29 is 24.9 Å². The van der Waals surface area contributed by atoms with Crippen LogP contribution >= 0.6 is 0 Å². The number of aliphatic hydroxyl groups is 2. The molecule has 0 radical (unpaired) electrons. The number of hydrogen-bond acceptors (Lipinski definition) is 4. The second kappa shape index (κ2) is 4.94. The van der Waals surface area contributed by atoms with E-state index in [0.717, 1.165) is 0 Å². The lowest BCUT2D eigenvalue weighted by Crippen LogP contribution is -2.46. The van der Waals surface area contributed by atoms with Crippen molar-refractivity contribution in [3.8, 4) is 0 Å². The molecular formula is C8H14O5. The minimum Gasteiger partial charge on any atom is -0.479 e. The summed E-state index contributed by atoms with van der Waals surface area (Å²) in [7, 11) is 0. The van der Waals surface area contributed by atoms with Crippen molar-refractivity contribution in [3.63, 3.8) is 0 Å². The molecule has 0 amide bonds. The fourth-order valence-electron chi connectivity index (χ4n) is 0.914. The first-order chi connectivity index (χ1) is 5.99. The molecule has 13 heavy (non-hydrogen) atoms. The van der Waals surface area contributed by atoms with E-state index in [9.17, 15) is 14.7 Å². The van der Waals surface area contributed by atoms with E-state index < -0.39 is 17.4 Å². The topological polar surface area (TPSA) is 94.8 Å². The van der Waals surface area contributed by atoms with Crippen molar-refractivity contribution in [1.82, 2.24) is 0 Å². The summed E-state index contributed by atoms with van der Waals surface area (Å²) in [4.78, 5) is 21.7. The van der Waals surface area contributed by atoms with E-state index in [1.165, 1.54) is 6.92 Å². The number of aliphatic hydroxyl groups excluding tert-OH is 1. The molecular weight excluding hydrogens is 176 g/mol. The van der Waals surface area contributed by atoms with Crippen molar-refractivity contribution in [3.05, 3.63) is 0 Å². The second-order valence-corrected chi connectivity index (χ2v) is 2.77. The summed E-state index contributed by atoms with van der Waals surface area (Å²) >= 11 is 0. The van der Waals surface area contributed by atoms with Crippen molar-refractivity contribution in [2.45, 2.75) is 31.8 Å². The first-order valence-corrected chi connectivity index (χ1v) is 4.09. The monoisotopic (exact) mass is 190 g/mol.